The molecule has 20 heavy (non-hydrogen) atoms. The minimum Gasteiger partial charge on any atom is -0.390 e. The smallest absolute Gasteiger partial charge is 0.222 e. The molecule has 110 valence electrons. The van der Waals surface area contributed by atoms with Gasteiger partial charge in [0.2, 0.25) is 5.95 Å². The Morgan fingerprint density at radius 2 is 2.15 bits per heavy atom. The molecule has 1 atom stereocenters. The summed E-state index contributed by atoms with van der Waals surface area (Å²) in [6.45, 7) is 4.33. The Morgan fingerprint density at radius 3 is 2.80 bits per heavy atom. The first-order valence-corrected chi connectivity index (χ1v) is 7.27. The number of aliphatic hydroxyl groups excluding tert-OH is 1. The molecule has 3 N–H and O–H groups in total. The van der Waals surface area contributed by atoms with E-state index in [2.05, 4.69) is 14.9 Å². The van der Waals surface area contributed by atoms with Crippen molar-refractivity contribution in [3.05, 3.63) is 11.8 Å². The molecule has 2 fully saturated rings. The SMILES string of the molecule is Cc1cc(N2CCC3(CC2)OCCC[C@H]3O)nc(N)n1. The molecule has 6 nitrogen and oxygen atoms in total. The summed E-state index contributed by atoms with van der Waals surface area (Å²) >= 11 is 0. The lowest BCUT2D eigenvalue weighted by Crippen LogP contribution is -2.55. The number of ether oxygens (including phenoxy) is 1. The predicted octanol–water partition coefficient (Wildman–Crippen LogP) is 0.878. The fraction of sp³-hybridized carbons (Fsp3) is 0.714. The van der Waals surface area contributed by atoms with Gasteiger partial charge in [0.15, 0.2) is 0 Å². The Balaban J connectivity index is 1.71. The van der Waals surface area contributed by atoms with Gasteiger partial charge in [0.1, 0.15) is 5.82 Å². The van der Waals surface area contributed by atoms with Crippen molar-refractivity contribution in [1.82, 2.24) is 9.97 Å². The lowest BCUT2D eigenvalue weighted by molar-refractivity contribution is -0.164. The summed E-state index contributed by atoms with van der Waals surface area (Å²) < 4.78 is 5.92. The van der Waals surface area contributed by atoms with E-state index >= 15 is 0 Å². The van der Waals surface area contributed by atoms with E-state index in [1.165, 1.54) is 0 Å². The molecule has 2 aliphatic heterocycles. The molecule has 0 saturated carbocycles. The van der Waals surface area contributed by atoms with Crippen LogP contribution in [0.5, 0.6) is 0 Å². The van der Waals surface area contributed by atoms with Crippen LogP contribution in [0.4, 0.5) is 11.8 Å². The predicted molar refractivity (Wildman–Crippen MR) is 76.6 cm³/mol. The summed E-state index contributed by atoms with van der Waals surface area (Å²) in [6, 6.07) is 1.95. The monoisotopic (exact) mass is 278 g/mol. The second kappa shape index (κ2) is 5.18. The van der Waals surface area contributed by atoms with Crippen LogP contribution in [0.1, 0.15) is 31.4 Å². The highest BCUT2D eigenvalue weighted by Crippen LogP contribution is 2.36. The molecule has 1 aromatic heterocycles. The van der Waals surface area contributed by atoms with Crippen molar-refractivity contribution in [2.45, 2.75) is 44.3 Å². The summed E-state index contributed by atoms with van der Waals surface area (Å²) in [6.07, 6.45) is 3.12. The van der Waals surface area contributed by atoms with E-state index in [0.717, 1.165) is 56.9 Å². The van der Waals surface area contributed by atoms with E-state index in [0.29, 0.717) is 5.95 Å². The molecular formula is C14H22N4O2. The zero-order chi connectivity index (χ0) is 14.2. The van der Waals surface area contributed by atoms with E-state index in [-0.39, 0.29) is 11.7 Å². The van der Waals surface area contributed by atoms with E-state index in [1.807, 2.05) is 13.0 Å². The molecule has 6 heteroatoms. The quantitative estimate of drug-likeness (QED) is 0.793. The minimum absolute atomic E-state index is 0.314. The Bertz CT molecular complexity index is 466. The van der Waals surface area contributed by atoms with Gasteiger partial charge in [0, 0.05) is 31.5 Å². The van der Waals surface area contributed by atoms with Gasteiger partial charge in [0.05, 0.1) is 11.7 Å². The number of aryl methyl sites for hydroxylation is 1. The van der Waals surface area contributed by atoms with Gasteiger partial charge in [-0.05, 0) is 32.6 Å². The molecule has 0 aliphatic carbocycles. The molecule has 0 radical (unpaired) electrons. The average Bonchev–Trinajstić information content (AvgIpc) is 2.42. The Labute approximate surface area is 119 Å². The van der Waals surface area contributed by atoms with Crippen LogP contribution < -0.4 is 10.6 Å². The number of nitrogen functional groups attached to an aromatic ring is 1. The van der Waals surface area contributed by atoms with Crippen molar-refractivity contribution in [3.63, 3.8) is 0 Å². The number of rotatable bonds is 1. The van der Waals surface area contributed by atoms with E-state index in [1.54, 1.807) is 0 Å². The van der Waals surface area contributed by atoms with E-state index < -0.39 is 0 Å². The molecule has 2 saturated heterocycles. The number of hydrogen-bond acceptors (Lipinski definition) is 6. The molecule has 2 aliphatic rings. The van der Waals surface area contributed by atoms with Crippen molar-refractivity contribution in [2.24, 2.45) is 0 Å². The summed E-state index contributed by atoms with van der Waals surface area (Å²) in [5, 5.41) is 10.2. The second-order valence-electron chi connectivity index (χ2n) is 5.78. The van der Waals surface area contributed by atoms with Crippen LogP contribution in [-0.4, -0.2) is 46.5 Å². The molecule has 0 unspecified atom stereocenters. The standard InChI is InChI=1S/C14H22N4O2/c1-10-9-12(17-13(15)16-10)18-6-4-14(5-7-18)11(19)3-2-8-20-14/h9,11,19H,2-8H2,1H3,(H2,15,16,17)/t11-/m1/s1. The Morgan fingerprint density at radius 1 is 1.40 bits per heavy atom. The summed E-state index contributed by atoms with van der Waals surface area (Å²) in [4.78, 5) is 10.6. The highest BCUT2D eigenvalue weighted by Gasteiger charge is 2.43. The first-order valence-electron chi connectivity index (χ1n) is 7.27. The third kappa shape index (κ3) is 2.45. The van der Waals surface area contributed by atoms with Crippen molar-refractivity contribution < 1.29 is 9.84 Å². The Kier molecular flexibility index (Phi) is 3.52. The lowest BCUT2D eigenvalue weighted by Gasteiger charge is -2.47. The molecule has 3 heterocycles. The van der Waals surface area contributed by atoms with Crippen LogP contribution in [-0.2, 0) is 4.74 Å². The van der Waals surface area contributed by atoms with Crippen LogP contribution in [0.3, 0.4) is 0 Å². The average molecular weight is 278 g/mol. The number of anilines is 2. The first-order chi connectivity index (χ1) is 9.59. The van der Waals surface area contributed by atoms with Crippen molar-refractivity contribution in [3.8, 4) is 0 Å². The largest absolute Gasteiger partial charge is 0.390 e. The molecule has 1 aromatic rings. The molecule has 1 spiro atoms. The lowest BCUT2D eigenvalue weighted by atomic mass is 9.82. The Hall–Kier alpha value is -1.40. The number of nitrogens with two attached hydrogens (primary N) is 1. The van der Waals surface area contributed by atoms with Crippen molar-refractivity contribution in [1.29, 1.82) is 0 Å². The van der Waals surface area contributed by atoms with E-state index in [4.69, 9.17) is 10.5 Å². The van der Waals surface area contributed by atoms with Gasteiger partial charge in [-0.15, -0.1) is 0 Å². The van der Waals surface area contributed by atoms with Gasteiger partial charge >= 0.3 is 0 Å². The van der Waals surface area contributed by atoms with Crippen molar-refractivity contribution in [2.75, 3.05) is 30.3 Å². The number of aliphatic hydroxyl groups is 1. The van der Waals surface area contributed by atoms with Crippen LogP contribution in [0.15, 0.2) is 6.07 Å². The zero-order valence-electron chi connectivity index (χ0n) is 11.9. The molecule has 0 amide bonds. The highest BCUT2D eigenvalue weighted by molar-refractivity contribution is 5.44. The van der Waals surface area contributed by atoms with Gasteiger partial charge < -0.3 is 20.5 Å². The molecule has 0 aromatic carbocycles. The summed E-state index contributed by atoms with van der Waals surface area (Å²) in [5.74, 6) is 1.18. The van der Waals surface area contributed by atoms with Gasteiger partial charge in [-0.1, -0.05) is 0 Å². The maximum atomic E-state index is 10.2. The van der Waals surface area contributed by atoms with Crippen LogP contribution in [0.25, 0.3) is 0 Å². The van der Waals surface area contributed by atoms with Gasteiger partial charge in [-0.3, -0.25) is 0 Å². The molecule has 3 rings (SSSR count). The third-order valence-corrected chi connectivity index (χ3v) is 4.41. The fourth-order valence-corrected chi connectivity index (χ4v) is 3.24. The first kappa shape index (κ1) is 13.6. The van der Waals surface area contributed by atoms with E-state index in [9.17, 15) is 5.11 Å². The maximum absolute atomic E-state index is 10.2. The number of piperidine rings is 1. The normalized spacial score (nSPS) is 25.9. The molecular weight excluding hydrogens is 256 g/mol. The minimum atomic E-state index is -0.345. The summed E-state index contributed by atoms with van der Waals surface area (Å²) in [7, 11) is 0. The fourth-order valence-electron chi connectivity index (χ4n) is 3.24. The number of hydrogen-bond donors (Lipinski definition) is 2. The highest BCUT2D eigenvalue weighted by atomic mass is 16.5. The number of aromatic nitrogens is 2. The number of nitrogens with zero attached hydrogens (tertiary/aromatic N) is 3. The van der Waals surface area contributed by atoms with Gasteiger partial charge in [0.25, 0.3) is 0 Å². The zero-order valence-corrected chi connectivity index (χ0v) is 11.9. The van der Waals surface area contributed by atoms with Crippen LogP contribution in [0.2, 0.25) is 0 Å². The topological polar surface area (TPSA) is 84.5 Å². The van der Waals surface area contributed by atoms with Gasteiger partial charge in [-0.25, -0.2) is 4.98 Å². The van der Waals surface area contributed by atoms with Gasteiger partial charge in [-0.2, -0.15) is 4.98 Å². The molecule has 0 bridgehead atoms. The maximum Gasteiger partial charge on any atom is 0.222 e. The van der Waals surface area contributed by atoms with Crippen LogP contribution in [0, 0.1) is 6.92 Å². The van der Waals surface area contributed by atoms with Crippen LogP contribution >= 0.6 is 0 Å². The summed E-state index contributed by atoms with van der Waals surface area (Å²) in [5.41, 5.74) is 6.24. The van der Waals surface area contributed by atoms with Crippen molar-refractivity contribution >= 4 is 11.8 Å². The second-order valence-corrected chi connectivity index (χ2v) is 5.78. The third-order valence-electron chi connectivity index (χ3n) is 4.41.